The number of carbonyl (C=O) groups is 1. The number of carbonyl (C=O) groups excluding carboxylic acids is 1. The Kier molecular flexibility index (Phi) is 4.23. The van der Waals surface area contributed by atoms with Crippen molar-refractivity contribution in [2.24, 2.45) is 0 Å². The summed E-state index contributed by atoms with van der Waals surface area (Å²) in [6, 6.07) is 6.27. The van der Waals surface area contributed by atoms with Crippen LogP contribution in [0.25, 0.3) is 0 Å². The van der Waals surface area contributed by atoms with E-state index in [2.05, 4.69) is 23.2 Å². The SMILES string of the molecule is Cc1ccc(C)c(N(C(=O)c2csc(C)n2)C(C)C)c1. The highest BCUT2D eigenvalue weighted by atomic mass is 32.1. The fourth-order valence-electron chi connectivity index (χ4n) is 2.19. The molecule has 0 aliphatic carbocycles. The van der Waals surface area contributed by atoms with Crippen molar-refractivity contribution < 1.29 is 4.79 Å². The number of aryl methyl sites for hydroxylation is 3. The number of thiazole rings is 1. The molecule has 0 radical (unpaired) electrons. The van der Waals surface area contributed by atoms with Crippen molar-refractivity contribution in [2.45, 2.75) is 40.7 Å². The summed E-state index contributed by atoms with van der Waals surface area (Å²) in [5, 5.41) is 2.75. The predicted molar refractivity (Wildman–Crippen MR) is 84.7 cm³/mol. The molecule has 3 nitrogen and oxygen atoms in total. The minimum Gasteiger partial charge on any atom is -0.304 e. The average molecular weight is 288 g/mol. The molecular formula is C16H20N2OS. The van der Waals surface area contributed by atoms with Crippen molar-refractivity contribution in [3.05, 3.63) is 45.4 Å². The van der Waals surface area contributed by atoms with Gasteiger partial charge in [-0.1, -0.05) is 12.1 Å². The van der Waals surface area contributed by atoms with Crippen molar-refractivity contribution in [2.75, 3.05) is 4.90 Å². The summed E-state index contributed by atoms with van der Waals surface area (Å²) < 4.78 is 0. The van der Waals surface area contributed by atoms with Gasteiger partial charge < -0.3 is 4.90 Å². The quantitative estimate of drug-likeness (QED) is 0.851. The fraction of sp³-hybridized carbons (Fsp3) is 0.375. The van der Waals surface area contributed by atoms with Crippen LogP contribution in [0.3, 0.4) is 0 Å². The first kappa shape index (κ1) is 14.7. The molecule has 1 amide bonds. The van der Waals surface area contributed by atoms with E-state index < -0.39 is 0 Å². The van der Waals surface area contributed by atoms with Crippen molar-refractivity contribution in [1.82, 2.24) is 4.98 Å². The van der Waals surface area contributed by atoms with Crippen LogP contribution < -0.4 is 4.90 Å². The maximum atomic E-state index is 12.7. The molecule has 0 atom stereocenters. The largest absolute Gasteiger partial charge is 0.304 e. The number of aromatic nitrogens is 1. The molecule has 0 spiro atoms. The number of rotatable bonds is 3. The number of amides is 1. The van der Waals surface area contributed by atoms with Gasteiger partial charge in [0.25, 0.3) is 5.91 Å². The first-order valence-electron chi connectivity index (χ1n) is 6.73. The van der Waals surface area contributed by atoms with Gasteiger partial charge in [0.05, 0.1) is 5.01 Å². The lowest BCUT2D eigenvalue weighted by Crippen LogP contribution is -2.37. The highest BCUT2D eigenvalue weighted by Gasteiger charge is 2.23. The molecule has 0 aliphatic heterocycles. The van der Waals surface area contributed by atoms with Gasteiger partial charge in [0.1, 0.15) is 5.69 Å². The molecule has 0 fully saturated rings. The van der Waals surface area contributed by atoms with Gasteiger partial charge in [-0.25, -0.2) is 4.98 Å². The summed E-state index contributed by atoms with van der Waals surface area (Å²) in [6.07, 6.45) is 0. The van der Waals surface area contributed by atoms with Crippen LogP contribution in [-0.4, -0.2) is 16.9 Å². The van der Waals surface area contributed by atoms with Crippen LogP contribution in [0.15, 0.2) is 23.6 Å². The van der Waals surface area contributed by atoms with Crippen LogP contribution in [0, 0.1) is 20.8 Å². The first-order valence-corrected chi connectivity index (χ1v) is 7.61. The second-order valence-corrected chi connectivity index (χ2v) is 6.37. The van der Waals surface area contributed by atoms with Gasteiger partial charge in [-0.15, -0.1) is 11.3 Å². The lowest BCUT2D eigenvalue weighted by molar-refractivity contribution is 0.0976. The Morgan fingerprint density at radius 3 is 2.50 bits per heavy atom. The van der Waals surface area contributed by atoms with Crippen molar-refractivity contribution in [3.8, 4) is 0 Å². The summed E-state index contributed by atoms with van der Waals surface area (Å²) in [5.41, 5.74) is 3.75. The van der Waals surface area contributed by atoms with Gasteiger partial charge in [0.15, 0.2) is 0 Å². The van der Waals surface area contributed by atoms with Crippen molar-refractivity contribution >= 4 is 22.9 Å². The van der Waals surface area contributed by atoms with E-state index in [0.717, 1.165) is 21.8 Å². The summed E-state index contributed by atoms with van der Waals surface area (Å²) in [4.78, 5) is 18.9. The molecule has 1 aromatic heterocycles. The Morgan fingerprint density at radius 1 is 1.25 bits per heavy atom. The third-order valence-electron chi connectivity index (χ3n) is 3.20. The lowest BCUT2D eigenvalue weighted by Gasteiger charge is -2.28. The second kappa shape index (κ2) is 5.75. The van der Waals surface area contributed by atoms with Crippen LogP contribution >= 0.6 is 11.3 Å². The third-order valence-corrected chi connectivity index (χ3v) is 3.97. The molecule has 1 heterocycles. The molecule has 1 aromatic carbocycles. The van der Waals surface area contributed by atoms with E-state index in [9.17, 15) is 4.79 Å². The molecule has 0 saturated heterocycles. The van der Waals surface area contributed by atoms with Gasteiger partial charge in [-0.2, -0.15) is 0 Å². The number of hydrogen-bond donors (Lipinski definition) is 0. The summed E-state index contributed by atoms with van der Waals surface area (Å²) in [5.74, 6) is -0.0296. The van der Waals surface area contributed by atoms with Gasteiger partial charge in [-0.05, 0) is 51.8 Å². The minimum absolute atomic E-state index is 0.0296. The van der Waals surface area contributed by atoms with Crippen LogP contribution in [0.1, 0.15) is 40.5 Å². The third kappa shape index (κ3) is 2.90. The van der Waals surface area contributed by atoms with Gasteiger partial charge >= 0.3 is 0 Å². The predicted octanol–water partition coefficient (Wildman–Crippen LogP) is 4.12. The van der Waals surface area contributed by atoms with E-state index >= 15 is 0 Å². The molecular weight excluding hydrogens is 268 g/mol. The van der Waals surface area contributed by atoms with E-state index in [1.54, 1.807) is 0 Å². The molecule has 106 valence electrons. The molecule has 0 unspecified atom stereocenters. The number of hydrogen-bond acceptors (Lipinski definition) is 3. The first-order chi connectivity index (χ1) is 9.40. The van der Waals surface area contributed by atoms with E-state index in [1.165, 1.54) is 11.3 Å². The molecule has 0 bridgehead atoms. The molecule has 20 heavy (non-hydrogen) atoms. The molecule has 0 saturated carbocycles. The van der Waals surface area contributed by atoms with Gasteiger partial charge in [0.2, 0.25) is 0 Å². The van der Waals surface area contributed by atoms with Gasteiger partial charge in [0, 0.05) is 17.1 Å². The van der Waals surface area contributed by atoms with E-state index in [4.69, 9.17) is 0 Å². The Morgan fingerprint density at radius 2 is 1.95 bits per heavy atom. The topological polar surface area (TPSA) is 33.2 Å². The molecule has 2 rings (SSSR count). The van der Waals surface area contributed by atoms with E-state index in [0.29, 0.717) is 5.69 Å². The van der Waals surface area contributed by atoms with E-state index in [-0.39, 0.29) is 11.9 Å². The zero-order chi connectivity index (χ0) is 14.9. The van der Waals surface area contributed by atoms with E-state index in [1.807, 2.05) is 44.9 Å². The summed E-state index contributed by atoms with van der Waals surface area (Å²) in [6.45, 7) is 10.0. The normalized spacial score (nSPS) is 10.9. The van der Waals surface area contributed by atoms with Crippen LogP contribution in [0.4, 0.5) is 5.69 Å². The molecule has 2 aromatic rings. The highest BCUT2D eigenvalue weighted by molar-refractivity contribution is 7.09. The average Bonchev–Trinajstić information content (AvgIpc) is 2.80. The van der Waals surface area contributed by atoms with Crippen LogP contribution in [-0.2, 0) is 0 Å². The Bertz CT molecular complexity index is 631. The Labute approximate surface area is 124 Å². The van der Waals surface area contributed by atoms with Crippen molar-refractivity contribution in [1.29, 1.82) is 0 Å². The summed E-state index contributed by atoms with van der Waals surface area (Å²) >= 11 is 1.51. The van der Waals surface area contributed by atoms with Crippen LogP contribution in [0.5, 0.6) is 0 Å². The number of anilines is 1. The number of benzene rings is 1. The molecule has 0 N–H and O–H groups in total. The Balaban J connectivity index is 2.46. The maximum Gasteiger partial charge on any atom is 0.277 e. The highest BCUT2D eigenvalue weighted by Crippen LogP contribution is 2.26. The van der Waals surface area contributed by atoms with Gasteiger partial charge in [-0.3, -0.25) is 4.79 Å². The van der Waals surface area contributed by atoms with Crippen LogP contribution in [0.2, 0.25) is 0 Å². The minimum atomic E-state index is -0.0296. The zero-order valence-electron chi connectivity index (χ0n) is 12.6. The van der Waals surface area contributed by atoms with Crippen molar-refractivity contribution in [3.63, 3.8) is 0 Å². The Hall–Kier alpha value is -1.68. The smallest absolute Gasteiger partial charge is 0.277 e. The summed E-state index contributed by atoms with van der Waals surface area (Å²) in [7, 11) is 0. The molecule has 4 heteroatoms. The zero-order valence-corrected chi connectivity index (χ0v) is 13.4. The monoisotopic (exact) mass is 288 g/mol. The molecule has 0 aliphatic rings. The fourth-order valence-corrected chi connectivity index (χ4v) is 2.77. The standard InChI is InChI=1S/C16H20N2OS/c1-10(2)18(15-8-11(3)6-7-12(15)4)16(19)14-9-20-13(5)17-14/h6-10H,1-5H3. The number of nitrogens with zero attached hydrogens (tertiary/aromatic N) is 2. The second-order valence-electron chi connectivity index (χ2n) is 5.31. The maximum absolute atomic E-state index is 12.7. The lowest BCUT2D eigenvalue weighted by atomic mass is 10.1.